The van der Waals surface area contributed by atoms with Crippen LogP contribution in [0.4, 0.5) is 0 Å². The maximum Gasteiger partial charge on any atom is 0.0636 e. The molecule has 12 heavy (non-hydrogen) atoms. The third-order valence-corrected chi connectivity index (χ3v) is 2.67. The summed E-state index contributed by atoms with van der Waals surface area (Å²) in [5.74, 6) is 0.960. The Bertz CT molecular complexity index is 121. The standard InChI is InChI=1S/C10H21NO/c1-8(11-7-9(2)12)6-10-4-3-5-10/h8-12H,3-7H2,1-2H3/t8?,9-/m0/s1. The summed E-state index contributed by atoms with van der Waals surface area (Å²) < 4.78 is 0. The SMILES string of the molecule is CC(CC1CCC1)NC[C@H](C)O. The molecule has 0 radical (unpaired) electrons. The van der Waals surface area contributed by atoms with Crippen molar-refractivity contribution >= 4 is 0 Å². The third-order valence-electron chi connectivity index (χ3n) is 2.67. The molecule has 0 spiro atoms. The van der Waals surface area contributed by atoms with Crippen LogP contribution >= 0.6 is 0 Å². The molecule has 72 valence electrons. The predicted octanol–water partition coefficient (Wildman–Crippen LogP) is 1.54. The first-order chi connectivity index (χ1) is 5.68. The van der Waals surface area contributed by atoms with Crippen molar-refractivity contribution in [2.75, 3.05) is 6.54 Å². The molecule has 0 aromatic carbocycles. The summed E-state index contributed by atoms with van der Waals surface area (Å²) in [6, 6.07) is 0.574. The molecule has 1 fully saturated rings. The molecule has 0 saturated heterocycles. The van der Waals surface area contributed by atoms with Crippen molar-refractivity contribution in [2.24, 2.45) is 5.92 Å². The molecule has 1 rings (SSSR count). The van der Waals surface area contributed by atoms with E-state index in [1.807, 2.05) is 6.92 Å². The van der Waals surface area contributed by atoms with Crippen LogP contribution in [-0.2, 0) is 0 Å². The molecule has 0 aromatic heterocycles. The van der Waals surface area contributed by atoms with Gasteiger partial charge >= 0.3 is 0 Å². The summed E-state index contributed by atoms with van der Waals surface area (Å²) in [7, 11) is 0. The highest BCUT2D eigenvalue weighted by atomic mass is 16.3. The van der Waals surface area contributed by atoms with Crippen molar-refractivity contribution in [1.82, 2.24) is 5.32 Å². The van der Waals surface area contributed by atoms with Gasteiger partial charge in [0.1, 0.15) is 0 Å². The van der Waals surface area contributed by atoms with E-state index >= 15 is 0 Å². The van der Waals surface area contributed by atoms with Gasteiger partial charge in [0.25, 0.3) is 0 Å². The quantitative estimate of drug-likeness (QED) is 0.657. The molecule has 0 amide bonds. The highest BCUT2D eigenvalue weighted by Gasteiger charge is 2.19. The molecule has 0 aliphatic heterocycles. The number of hydrogen-bond donors (Lipinski definition) is 2. The summed E-state index contributed by atoms with van der Waals surface area (Å²) in [6.45, 7) is 4.76. The summed E-state index contributed by atoms with van der Waals surface area (Å²) in [6.07, 6.45) is 5.33. The molecule has 0 bridgehead atoms. The maximum atomic E-state index is 9.04. The Kier molecular flexibility index (Phi) is 4.02. The van der Waals surface area contributed by atoms with E-state index in [9.17, 15) is 0 Å². The zero-order chi connectivity index (χ0) is 8.97. The van der Waals surface area contributed by atoms with Gasteiger partial charge in [-0.1, -0.05) is 19.3 Å². The van der Waals surface area contributed by atoms with Gasteiger partial charge in [0.05, 0.1) is 6.10 Å². The summed E-state index contributed by atoms with van der Waals surface area (Å²) in [5, 5.41) is 12.4. The number of aliphatic hydroxyl groups excluding tert-OH is 1. The van der Waals surface area contributed by atoms with E-state index in [0.29, 0.717) is 6.04 Å². The molecule has 0 heterocycles. The molecule has 2 nitrogen and oxygen atoms in total. The van der Waals surface area contributed by atoms with Crippen LogP contribution in [0.2, 0.25) is 0 Å². The minimum absolute atomic E-state index is 0.214. The summed E-state index contributed by atoms with van der Waals surface area (Å²) in [4.78, 5) is 0. The molecular weight excluding hydrogens is 150 g/mol. The first-order valence-electron chi connectivity index (χ1n) is 5.10. The van der Waals surface area contributed by atoms with Crippen LogP contribution in [-0.4, -0.2) is 23.8 Å². The van der Waals surface area contributed by atoms with E-state index in [2.05, 4.69) is 12.2 Å². The van der Waals surface area contributed by atoms with Gasteiger partial charge in [0.15, 0.2) is 0 Å². The van der Waals surface area contributed by atoms with Crippen LogP contribution < -0.4 is 5.32 Å². The number of hydrogen-bond acceptors (Lipinski definition) is 2. The fourth-order valence-corrected chi connectivity index (χ4v) is 1.68. The van der Waals surface area contributed by atoms with Gasteiger partial charge in [0, 0.05) is 12.6 Å². The molecule has 1 saturated carbocycles. The summed E-state index contributed by atoms with van der Waals surface area (Å²) >= 11 is 0. The first kappa shape index (κ1) is 10.0. The van der Waals surface area contributed by atoms with Crippen LogP contribution in [0.25, 0.3) is 0 Å². The smallest absolute Gasteiger partial charge is 0.0636 e. The van der Waals surface area contributed by atoms with Crippen LogP contribution in [0, 0.1) is 5.92 Å². The minimum atomic E-state index is -0.214. The van der Waals surface area contributed by atoms with Gasteiger partial charge in [-0.05, 0) is 26.2 Å². The van der Waals surface area contributed by atoms with Crippen LogP contribution in [0.1, 0.15) is 39.5 Å². The van der Waals surface area contributed by atoms with E-state index in [-0.39, 0.29) is 6.10 Å². The number of nitrogens with one attached hydrogen (secondary N) is 1. The van der Waals surface area contributed by atoms with Gasteiger partial charge in [-0.3, -0.25) is 0 Å². The lowest BCUT2D eigenvalue weighted by atomic mass is 9.81. The Balaban J connectivity index is 1.98. The number of aliphatic hydroxyl groups is 1. The lowest BCUT2D eigenvalue weighted by Crippen LogP contribution is -2.34. The topological polar surface area (TPSA) is 32.3 Å². The molecule has 2 N–H and O–H groups in total. The van der Waals surface area contributed by atoms with Crippen molar-refractivity contribution < 1.29 is 5.11 Å². The fourth-order valence-electron chi connectivity index (χ4n) is 1.68. The van der Waals surface area contributed by atoms with Crippen LogP contribution in [0.15, 0.2) is 0 Å². The largest absolute Gasteiger partial charge is 0.392 e. The van der Waals surface area contributed by atoms with Gasteiger partial charge < -0.3 is 10.4 Å². The highest BCUT2D eigenvalue weighted by molar-refractivity contribution is 4.75. The Morgan fingerprint density at radius 1 is 1.42 bits per heavy atom. The lowest BCUT2D eigenvalue weighted by molar-refractivity contribution is 0.180. The molecule has 1 aliphatic rings. The zero-order valence-electron chi connectivity index (χ0n) is 8.21. The average Bonchev–Trinajstić information content (AvgIpc) is 1.93. The van der Waals surface area contributed by atoms with E-state index < -0.39 is 0 Å². The molecule has 1 unspecified atom stereocenters. The average molecular weight is 171 g/mol. The highest BCUT2D eigenvalue weighted by Crippen LogP contribution is 2.30. The Morgan fingerprint density at radius 3 is 2.50 bits per heavy atom. The molecule has 2 heteroatoms. The number of rotatable bonds is 5. The van der Waals surface area contributed by atoms with Gasteiger partial charge in [-0.15, -0.1) is 0 Å². The second-order valence-corrected chi connectivity index (χ2v) is 4.19. The predicted molar refractivity (Wildman–Crippen MR) is 51.1 cm³/mol. The Labute approximate surface area is 75.4 Å². The van der Waals surface area contributed by atoms with Crippen LogP contribution in [0.3, 0.4) is 0 Å². The second kappa shape index (κ2) is 4.83. The van der Waals surface area contributed by atoms with Gasteiger partial charge in [-0.25, -0.2) is 0 Å². The monoisotopic (exact) mass is 171 g/mol. The molecule has 2 atom stereocenters. The minimum Gasteiger partial charge on any atom is -0.392 e. The van der Waals surface area contributed by atoms with Crippen molar-refractivity contribution in [1.29, 1.82) is 0 Å². The van der Waals surface area contributed by atoms with Gasteiger partial charge in [0.2, 0.25) is 0 Å². The van der Waals surface area contributed by atoms with E-state index in [0.717, 1.165) is 12.5 Å². The molecular formula is C10H21NO. The second-order valence-electron chi connectivity index (χ2n) is 4.19. The lowest BCUT2D eigenvalue weighted by Gasteiger charge is -2.28. The first-order valence-corrected chi connectivity index (χ1v) is 5.10. The normalized spacial score (nSPS) is 23.2. The van der Waals surface area contributed by atoms with E-state index in [1.165, 1.54) is 25.7 Å². The zero-order valence-corrected chi connectivity index (χ0v) is 8.21. The van der Waals surface area contributed by atoms with Crippen molar-refractivity contribution in [3.05, 3.63) is 0 Å². The van der Waals surface area contributed by atoms with E-state index in [1.54, 1.807) is 0 Å². The van der Waals surface area contributed by atoms with Gasteiger partial charge in [-0.2, -0.15) is 0 Å². The van der Waals surface area contributed by atoms with Crippen molar-refractivity contribution in [3.63, 3.8) is 0 Å². The van der Waals surface area contributed by atoms with Crippen molar-refractivity contribution in [2.45, 2.75) is 51.7 Å². The van der Waals surface area contributed by atoms with Crippen LogP contribution in [0.5, 0.6) is 0 Å². The molecule has 1 aliphatic carbocycles. The maximum absolute atomic E-state index is 9.04. The Hall–Kier alpha value is -0.0800. The van der Waals surface area contributed by atoms with E-state index in [4.69, 9.17) is 5.11 Å². The van der Waals surface area contributed by atoms with Crippen molar-refractivity contribution in [3.8, 4) is 0 Å². The third kappa shape index (κ3) is 3.55. The fraction of sp³-hybridized carbons (Fsp3) is 1.00. The Morgan fingerprint density at radius 2 is 2.08 bits per heavy atom. The molecule has 0 aromatic rings. The summed E-state index contributed by atoms with van der Waals surface area (Å²) in [5.41, 5.74) is 0.